The van der Waals surface area contributed by atoms with E-state index in [-0.39, 0.29) is 36.2 Å². The molecule has 0 spiro atoms. The van der Waals surface area contributed by atoms with E-state index in [0.29, 0.717) is 6.54 Å². The van der Waals surface area contributed by atoms with Gasteiger partial charge in [0.25, 0.3) is 0 Å². The van der Waals surface area contributed by atoms with E-state index in [1.54, 1.807) is 0 Å². The Hall–Kier alpha value is -3.35. The molecule has 3 unspecified atom stereocenters. The Balaban J connectivity index is 1.27. The van der Waals surface area contributed by atoms with E-state index in [0.717, 1.165) is 41.5 Å². The highest BCUT2D eigenvalue weighted by atomic mass is 16.5. The number of benzene rings is 2. The molecule has 2 fully saturated rings. The van der Waals surface area contributed by atoms with Gasteiger partial charge < -0.3 is 20.1 Å². The molecule has 184 valence electrons. The van der Waals surface area contributed by atoms with Crippen LogP contribution in [0.3, 0.4) is 0 Å². The van der Waals surface area contributed by atoms with Crippen LogP contribution in [0.4, 0.5) is 4.79 Å². The quantitative estimate of drug-likeness (QED) is 0.650. The normalized spacial score (nSPS) is 23.5. The number of nitrogens with zero attached hydrogens (tertiary/aromatic N) is 1. The molecule has 2 aromatic carbocycles. The lowest BCUT2D eigenvalue weighted by atomic mass is 9.94. The zero-order chi connectivity index (χ0) is 24.7. The Bertz CT molecular complexity index is 1100. The highest BCUT2D eigenvalue weighted by Gasteiger charge is 2.51. The summed E-state index contributed by atoms with van der Waals surface area (Å²) in [6.07, 6.45) is 2.12. The van der Waals surface area contributed by atoms with Crippen LogP contribution in [0.1, 0.15) is 50.2 Å². The second-order valence-corrected chi connectivity index (χ2v) is 10.3. The average molecular weight is 477 g/mol. The first-order valence-electron chi connectivity index (χ1n) is 12.5. The molecule has 0 bridgehead atoms. The van der Waals surface area contributed by atoms with Crippen molar-refractivity contribution < 1.29 is 24.2 Å². The first-order chi connectivity index (χ1) is 16.9. The van der Waals surface area contributed by atoms with Gasteiger partial charge in [-0.15, -0.1) is 0 Å². The molecular weight excluding hydrogens is 444 g/mol. The van der Waals surface area contributed by atoms with Crippen LogP contribution in [0, 0.1) is 17.8 Å². The number of likely N-dealkylation sites (tertiary alicyclic amines) is 1. The van der Waals surface area contributed by atoms with Crippen LogP contribution in [-0.2, 0) is 14.3 Å². The Labute approximate surface area is 205 Å². The number of carbonyl (C=O) groups is 3. The molecule has 3 aliphatic rings. The van der Waals surface area contributed by atoms with Gasteiger partial charge in [-0.25, -0.2) is 9.59 Å². The minimum absolute atomic E-state index is 0.00119. The highest BCUT2D eigenvalue weighted by molar-refractivity contribution is 5.90. The monoisotopic (exact) mass is 476 g/mol. The summed E-state index contributed by atoms with van der Waals surface area (Å²) in [5, 5.41) is 12.6. The van der Waals surface area contributed by atoms with Crippen molar-refractivity contribution in [1.29, 1.82) is 0 Å². The number of carboxylic acids is 1. The fourth-order valence-electron chi connectivity index (χ4n) is 6.31. The number of hydrogen-bond acceptors (Lipinski definition) is 4. The number of carboxylic acid groups (broad SMARTS) is 1. The summed E-state index contributed by atoms with van der Waals surface area (Å²) in [6.45, 7) is 4.29. The van der Waals surface area contributed by atoms with Gasteiger partial charge in [0.05, 0.1) is 0 Å². The predicted octanol–water partition coefficient (Wildman–Crippen LogP) is 4.26. The number of nitrogens with one attached hydrogen (secondary N) is 1. The van der Waals surface area contributed by atoms with Gasteiger partial charge in [-0.3, -0.25) is 4.79 Å². The van der Waals surface area contributed by atoms with Crippen molar-refractivity contribution >= 4 is 18.0 Å². The van der Waals surface area contributed by atoms with Crippen molar-refractivity contribution in [3.63, 3.8) is 0 Å². The second kappa shape index (κ2) is 9.36. The third-order valence-electron chi connectivity index (χ3n) is 7.98. The first-order valence-corrected chi connectivity index (χ1v) is 12.5. The Morgan fingerprint density at radius 3 is 2.26 bits per heavy atom. The summed E-state index contributed by atoms with van der Waals surface area (Å²) >= 11 is 0. The maximum absolute atomic E-state index is 13.4. The van der Waals surface area contributed by atoms with Crippen LogP contribution in [0.2, 0.25) is 0 Å². The number of amides is 2. The molecule has 0 radical (unpaired) electrons. The fourth-order valence-corrected chi connectivity index (χ4v) is 6.31. The van der Waals surface area contributed by atoms with E-state index >= 15 is 0 Å². The second-order valence-electron chi connectivity index (χ2n) is 10.3. The van der Waals surface area contributed by atoms with Gasteiger partial charge in [0.15, 0.2) is 0 Å². The molecule has 5 rings (SSSR count). The lowest BCUT2D eigenvalue weighted by molar-refractivity contribution is -0.150. The molecule has 0 aromatic heterocycles. The number of rotatable bonds is 6. The van der Waals surface area contributed by atoms with E-state index in [9.17, 15) is 19.5 Å². The Kier molecular flexibility index (Phi) is 6.26. The smallest absolute Gasteiger partial charge is 0.407 e. The third-order valence-corrected chi connectivity index (χ3v) is 7.98. The van der Waals surface area contributed by atoms with Gasteiger partial charge in [0.1, 0.15) is 18.7 Å². The Morgan fingerprint density at radius 2 is 1.66 bits per heavy atom. The standard InChI is InChI=1S/C28H32N2O5/c1-16(2)24(26(31)30-14-17-8-7-13-18(17)25(30)27(32)33)29-28(34)35-15-23-21-11-5-3-9-19(21)20-10-4-6-12-22(20)23/h3-6,9-12,16-18,23-25H,7-8,13-15H2,1-2H3,(H,29,34)(H,32,33)/t17?,18?,24-,25?/m0/s1. The van der Waals surface area contributed by atoms with Crippen LogP contribution >= 0.6 is 0 Å². The van der Waals surface area contributed by atoms with Crippen molar-refractivity contribution in [2.45, 2.75) is 51.1 Å². The molecule has 7 heteroatoms. The van der Waals surface area contributed by atoms with Crippen molar-refractivity contribution in [2.75, 3.05) is 13.2 Å². The molecule has 35 heavy (non-hydrogen) atoms. The van der Waals surface area contributed by atoms with Crippen molar-refractivity contribution in [2.24, 2.45) is 17.8 Å². The van der Waals surface area contributed by atoms with Crippen molar-refractivity contribution in [1.82, 2.24) is 10.2 Å². The van der Waals surface area contributed by atoms with Gasteiger partial charge in [0.2, 0.25) is 5.91 Å². The van der Waals surface area contributed by atoms with Gasteiger partial charge in [0, 0.05) is 12.5 Å². The van der Waals surface area contributed by atoms with Crippen LogP contribution in [-0.4, -0.2) is 53.2 Å². The first kappa shape index (κ1) is 23.4. The highest BCUT2D eigenvalue weighted by Crippen LogP contribution is 2.45. The molecule has 1 saturated carbocycles. The topological polar surface area (TPSA) is 95.9 Å². The van der Waals surface area contributed by atoms with Crippen molar-refractivity contribution in [3.05, 3.63) is 59.7 Å². The Morgan fingerprint density at radius 1 is 1.03 bits per heavy atom. The minimum atomic E-state index is -0.962. The van der Waals surface area contributed by atoms with E-state index < -0.39 is 24.1 Å². The van der Waals surface area contributed by atoms with Gasteiger partial charge in [-0.1, -0.05) is 68.8 Å². The van der Waals surface area contributed by atoms with Crippen LogP contribution in [0.15, 0.2) is 48.5 Å². The van der Waals surface area contributed by atoms with Crippen LogP contribution in [0.25, 0.3) is 11.1 Å². The molecule has 1 aliphatic heterocycles. The summed E-state index contributed by atoms with van der Waals surface area (Å²) in [4.78, 5) is 39.8. The zero-order valence-electron chi connectivity index (χ0n) is 20.1. The van der Waals surface area contributed by atoms with E-state index in [2.05, 4.69) is 29.6 Å². The lowest BCUT2D eigenvalue weighted by Crippen LogP contribution is -2.54. The fraction of sp³-hybridized carbons (Fsp3) is 0.464. The van der Waals surface area contributed by atoms with Gasteiger partial charge in [-0.2, -0.15) is 0 Å². The molecule has 2 aromatic rings. The largest absolute Gasteiger partial charge is 0.480 e. The zero-order valence-corrected chi connectivity index (χ0v) is 20.1. The number of hydrogen-bond donors (Lipinski definition) is 2. The summed E-state index contributed by atoms with van der Waals surface area (Å²) in [5.74, 6) is -1.36. The van der Waals surface area contributed by atoms with Crippen LogP contribution in [0.5, 0.6) is 0 Å². The summed E-state index contributed by atoms with van der Waals surface area (Å²) < 4.78 is 5.64. The number of aliphatic carboxylic acids is 1. The summed E-state index contributed by atoms with van der Waals surface area (Å²) in [6, 6.07) is 14.6. The SMILES string of the molecule is CC(C)[C@H](NC(=O)OCC1c2ccccc2-c2ccccc21)C(=O)N1CC2CCCC2C1C(=O)O. The molecular formula is C28H32N2O5. The maximum Gasteiger partial charge on any atom is 0.407 e. The van der Waals surface area contributed by atoms with Gasteiger partial charge in [-0.05, 0) is 52.8 Å². The third kappa shape index (κ3) is 4.17. The molecule has 7 nitrogen and oxygen atoms in total. The summed E-state index contributed by atoms with van der Waals surface area (Å²) in [5.41, 5.74) is 4.52. The summed E-state index contributed by atoms with van der Waals surface area (Å²) in [7, 11) is 0. The maximum atomic E-state index is 13.4. The number of ether oxygens (including phenoxy) is 1. The number of fused-ring (bicyclic) bond motifs is 4. The molecule has 1 saturated heterocycles. The molecule has 2 aliphatic carbocycles. The number of alkyl carbamates (subject to hydrolysis) is 1. The lowest BCUT2D eigenvalue weighted by Gasteiger charge is -2.30. The minimum Gasteiger partial charge on any atom is -0.480 e. The molecule has 4 atom stereocenters. The molecule has 1 heterocycles. The molecule has 2 N–H and O–H groups in total. The van der Waals surface area contributed by atoms with Crippen molar-refractivity contribution in [3.8, 4) is 11.1 Å². The van der Waals surface area contributed by atoms with E-state index in [1.807, 2.05) is 38.1 Å². The van der Waals surface area contributed by atoms with E-state index in [1.165, 1.54) is 4.90 Å². The van der Waals surface area contributed by atoms with E-state index in [4.69, 9.17) is 4.74 Å². The number of carbonyl (C=O) groups excluding carboxylic acids is 2. The van der Waals surface area contributed by atoms with Gasteiger partial charge >= 0.3 is 12.1 Å². The average Bonchev–Trinajstić information content (AvgIpc) is 3.52. The van der Waals surface area contributed by atoms with Crippen LogP contribution < -0.4 is 5.32 Å². The predicted molar refractivity (Wildman–Crippen MR) is 131 cm³/mol. The molecule has 2 amide bonds.